The van der Waals surface area contributed by atoms with Gasteiger partial charge in [0.2, 0.25) is 0 Å². The molecule has 3 unspecified atom stereocenters. The lowest BCUT2D eigenvalue weighted by Crippen LogP contribution is -2.66. The summed E-state index contributed by atoms with van der Waals surface area (Å²) in [6.45, 7) is 4.50. The first-order chi connectivity index (χ1) is 13.4. The Morgan fingerprint density at radius 1 is 1.18 bits per heavy atom. The van der Waals surface area contributed by atoms with E-state index in [0.717, 1.165) is 46.6 Å². The first-order valence-corrected chi connectivity index (χ1v) is 12.7. The van der Waals surface area contributed by atoms with Crippen LogP contribution in [0.15, 0.2) is 24.3 Å². The number of nitrogens with zero attached hydrogens (tertiary/aromatic N) is 3. The van der Waals surface area contributed by atoms with E-state index in [1.54, 1.807) is 0 Å². The highest BCUT2D eigenvalue weighted by molar-refractivity contribution is 7.85. The van der Waals surface area contributed by atoms with Gasteiger partial charge >= 0.3 is 0 Å². The molecule has 1 aliphatic carbocycles. The van der Waals surface area contributed by atoms with E-state index >= 15 is 0 Å². The molecule has 3 atom stereocenters. The SMILES string of the molecule is O=S(=O)([O-])CC1CN(c2nsc3ccccc23)CC[N+]12CC1CCCCC1C2. The molecule has 0 N–H and O–H groups in total. The maximum absolute atomic E-state index is 11.8. The van der Waals surface area contributed by atoms with Gasteiger partial charge in [-0.25, -0.2) is 8.42 Å². The molecule has 1 aromatic heterocycles. The Bertz CT molecular complexity index is 960. The van der Waals surface area contributed by atoms with Crippen molar-refractivity contribution >= 4 is 37.6 Å². The number of rotatable bonds is 3. The summed E-state index contributed by atoms with van der Waals surface area (Å²) < 4.78 is 41.9. The molecule has 5 rings (SSSR count). The third-order valence-corrected chi connectivity index (χ3v) is 8.95. The Hall–Kier alpha value is -1.22. The zero-order valence-corrected chi connectivity index (χ0v) is 17.6. The molecule has 3 heterocycles. The van der Waals surface area contributed by atoms with E-state index in [0.29, 0.717) is 18.4 Å². The van der Waals surface area contributed by atoms with Crippen LogP contribution in [0.5, 0.6) is 0 Å². The molecular weight excluding hydrogens is 394 g/mol. The molecule has 0 bridgehead atoms. The van der Waals surface area contributed by atoms with Crippen molar-refractivity contribution in [3.05, 3.63) is 24.3 Å². The van der Waals surface area contributed by atoms with Crippen LogP contribution in [-0.2, 0) is 10.1 Å². The molecule has 1 spiro atoms. The van der Waals surface area contributed by atoms with Crippen molar-refractivity contribution in [2.45, 2.75) is 31.7 Å². The predicted molar refractivity (Wildman–Crippen MR) is 110 cm³/mol. The van der Waals surface area contributed by atoms with Gasteiger partial charge in [-0.2, -0.15) is 4.37 Å². The Kier molecular flexibility index (Phi) is 4.65. The zero-order valence-electron chi connectivity index (χ0n) is 16.0. The number of fused-ring (bicyclic) bond motifs is 2. The highest BCUT2D eigenvalue weighted by Gasteiger charge is 2.52. The molecule has 28 heavy (non-hydrogen) atoms. The van der Waals surface area contributed by atoms with Crippen LogP contribution in [0.2, 0.25) is 0 Å². The molecule has 3 aliphatic rings. The molecule has 1 aromatic carbocycles. The largest absolute Gasteiger partial charge is 0.748 e. The van der Waals surface area contributed by atoms with Crippen LogP contribution in [0, 0.1) is 11.8 Å². The molecule has 0 amide bonds. The third-order valence-electron chi connectivity index (χ3n) is 7.34. The van der Waals surface area contributed by atoms with Gasteiger partial charge in [0.25, 0.3) is 0 Å². The van der Waals surface area contributed by atoms with Gasteiger partial charge in [0.15, 0.2) is 5.82 Å². The summed E-state index contributed by atoms with van der Waals surface area (Å²) in [6, 6.07) is 8.03. The molecule has 2 aliphatic heterocycles. The van der Waals surface area contributed by atoms with Crippen molar-refractivity contribution in [1.29, 1.82) is 0 Å². The molecule has 6 nitrogen and oxygen atoms in total. The van der Waals surface area contributed by atoms with E-state index in [1.165, 1.54) is 37.2 Å². The molecule has 2 aromatic rings. The van der Waals surface area contributed by atoms with E-state index in [9.17, 15) is 13.0 Å². The Balaban J connectivity index is 1.45. The molecule has 0 radical (unpaired) electrons. The van der Waals surface area contributed by atoms with Crippen LogP contribution in [0.1, 0.15) is 25.7 Å². The molecule has 152 valence electrons. The predicted octanol–water partition coefficient (Wildman–Crippen LogP) is 2.67. The zero-order chi connectivity index (χ0) is 19.4. The molecule has 2 saturated heterocycles. The second kappa shape index (κ2) is 6.93. The quantitative estimate of drug-likeness (QED) is 0.563. The average Bonchev–Trinajstić information content (AvgIpc) is 3.24. The van der Waals surface area contributed by atoms with E-state index < -0.39 is 10.1 Å². The smallest absolute Gasteiger partial charge is 0.150 e. The summed E-state index contributed by atoms with van der Waals surface area (Å²) in [4.78, 5) is 2.22. The maximum atomic E-state index is 11.8. The van der Waals surface area contributed by atoms with E-state index in [4.69, 9.17) is 0 Å². The standard InChI is InChI=1S/C20H27N3O3S2/c24-28(25,26)14-17-11-22(20-18-7-3-4-8-19(18)27-21-20)9-10-23(17)12-15-5-1-2-6-16(15)13-23/h3-4,7-8,15-17H,1-2,5-6,9-14H2. The number of aromatic nitrogens is 1. The monoisotopic (exact) mass is 421 g/mol. The van der Waals surface area contributed by atoms with Crippen molar-refractivity contribution in [2.75, 3.05) is 43.4 Å². The molecule has 8 heteroatoms. The fraction of sp³-hybridized carbons (Fsp3) is 0.650. The number of quaternary nitrogens is 1. The van der Waals surface area contributed by atoms with Gasteiger partial charge in [-0.05, 0) is 36.5 Å². The second-order valence-electron chi connectivity index (χ2n) is 8.94. The summed E-state index contributed by atoms with van der Waals surface area (Å²) in [5.74, 6) is 2.10. The average molecular weight is 422 g/mol. The van der Waals surface area contributed by atoms with Gasteiger partial charge in [0, 0.05) is 17.2 Å². The van der Waals surface area contributed by atoms with Crippen LogP contribution in [-0.4, -0.2) is 66.3 Å². The molecule has 3 fully saturated rings. The van der Waals surface area contributed by atoms with Crippen molar-refractivity contribution in [1.82, 2.24) is 4.37 Å². The first kappa shape index (κ1) is 18.8. The maximum Gasteiger partial charge on any atom is 0.150 e. The summed E-state index contributed by atoms with van der Waals surface area (Å²) in [7, 11) is -4.26. The van der Waals surface area contributed by atoms with Crippen molar-refractivity contribution in [3.63, 3.8) is 0 Å². The Morgan fingerprint density at radius 2 is 1.89 bits per heavy atom. The summed E-state index contributed by atoms with van der Waals surface area (Å²) in [6.07, 6.45) is 5.12. The minimum Gasteiger partial charge on any atom is -0.748 e. The normalized spacial score (nSPS) is 33.5. The minimum atomic E-state index is -4.26. The number of anilines is 1. The van der Waals surface area contributed by atoms with Crippen LogP contribution < -0.4 is 4.90 Å². The Labute approximate surface area is 170 Å². The molecular formula is C20H27N3O3S2. The van der Waals surface area contributed by atoms with Crippen molar-refractivity contribution in [2.24, 2.45) is 11.8 Å². The van der Waals surface area contributed by atoms with Crippen LogP contribution in [0.3, 0.4) is 0 Å². The van der Waals surface area contributed by atoms with Gasteiger partial charge < -0.3 is 13.9 Å². The number of hydrogen-bond donors (Lipinski definition) is 0. The van der Waals surface area contributed by atoms with Gasteiger partial charge in [-0.15, -0.1) is 0 Å². The lowest BCUT2D eigenvalue weighted by Gasteiger charge is -2.49. The van der Waals surface area contributed by atoms with Crippen LogP contribution in [0.4, 0.5) is 5.82 Å². The van der Waals surface area contributed by atoms with Gasteiger partial charge in [0.1, 0.15) is 16.2 Å². The van der Waals surface area contributed by atoms with Gasteiger partial charge in [-0.3, -0.25) is 0 Å². The Morgan fingerprint density at radius 3 is 2.61 bits per heavy atom. The third kappa shape index (κ3) is 3.34. The topological polar surface area (TPSA) is 73.3 Å². The molecule has 1 saturated carbocycles. The van der Waals surface area contributed by atoms with E-state index in [1.807, 2.05) is 12.1 Å². The fourth-order valence-corrected chi connectivity index (χ4v) is 7.70. The lowest BCUT2D eigenvalue weighted by molar-refractivity contribution is -0.940. The number of piperazine rings is 1. The summed E-state index contributed by atoms with van der Waals surface area (Å²) in [5, 5.41) is 1.12. The second-order valence-corrected chi connectivity index (χ2v) is 11.2. The fourth-order valence-electron chi connectivity index (χ4n) is 6.02. The summed E-state index contributed by atoms with van der Waals surface area (Å²) in [5.41, 5.74) is 0. The summed E-state index contributed by atoms with van der Waals surface area (Å²) >= 11 is 1.49. The number of hydrogen-bond acceptors (Lipinski definition) is 6. The highest BCUT2D eigenvalue weighted by Crippen LogP contribution is 2.43. The first-order valence-electron chi connectivity index (χ1n) is 10.3. The highest BCUT2D eigenvalue weighted by atomic mass is 32.2. The minimum absolute atomic E-state index is 0.151. The van der Waals surface area contributed by atoms with Crippen molar-refractivity contribution < 1.29 is 17.5 Å². The van der Waals surface area contributed by atoms with Crippen molar-refractivity contribution in [3.8, 4) is 0 Å². The van der Waals surface area contributed by atoms with E-state index in [2.05, 4.69) is 21.4 Å². The van der Waals surface area contributed by atoms with E-state index in [-0.39, 0.29) is 11.8 Å². The van der Waals surface area contributed by atoms with Crippen LogP contribution in [0.25, 0.3) is 10.1 Å². The van der Waals surface area contributed by atoms with Gasteiger partial charge in [-0.1, -0.05) is 25.0 Å². The number of benzene rings is 1. The lowest BCUT2D eigenvalue weighted by atomic mass is 9.82. The van der Waals surface area contributed by atoms with Gasteiger partial charge in [0.05, 0.1) is 43.2 Å². The van der Waals surface area contributed by atoms with Crippen LogP contribution >= 0.6 is 11.5 Å².